The second-order valence-electron chi connectivity index (χ2n) is 15.0. The summed E-state index contributed by atoms with van der Waals surface area (Å²) in [5.41, 5.74) is 6.43. The predicted molar refractivity (Wildman–Crippen MR) is 231 cm³/mol. The van der Waals surface area contributed by atoms with E-state index in [2.05, 4.69) is 27.7 Å². The van der Waals surface area contributed by atoms with Crippen molar-refractivity contribution in [3.63, 3.8) is 0 Å². The van der Waals surface area contributed by atoms with E-state index >= 15 is 9.59 Å². The van der Waals surface area contributed by atoms with Crippen molar-refractivity contribution < 1.29 is 19.2 Å². The zero-order chi connectivity index (χ0) is 40.4. The second kappa shape index (κ2) is 18.8. The van der Waals surface area contributed by atoms with Gasteiger partial charge in [0.25, 0.3) is 0 Å². The Morgan fingerprint density at radius 1 is 0.316 bits per heavy atom. The van der Waals surface area contributed by atoms with Gasteiger partial charge in [-0.25, -0.2) is 0 Å². The molecule has 0 fully saturated rings. The largest absolute Gasteiger partial charge is 0.292 e. The molecule has 0 aromatic heterocycles. The fourth-order valence-electron chi connectivity index (χ4n) is 7.75. The molecule has 0 bridgehead atoms. The van der Waals surface area contributed by atoms with Gasteiger partial charge in [0.05, 0.1) is 0 Å². The molecular weight excluding hydrogens is 701 g/mol. The molecule has 0 aliphatic rings. The molecule has 0 saturated heterocycles. The molecule has 288 valence electrons. The molecule has 6 rings (SSSR count). The van der Waals surface area contributed by atoms with E-state index in [-0.39, 0.29) is 23.1 Å². The van der Waals surface area contributed by atoms with E-state index in [9.17, 15) is 9.59 Å². The molecule has 4 nitrogen and oxygen atoms in total. The van der Waals surface area contributed by atoms with Crippen LogP contribution in [-0.4, -0.2) is 23.1 Å². The van der Waals surface area contributed by atoms with Crippen molar-refractivity contribution in [3.8, 4) is 0 Å². The molecule has 6 aromatic carbocycles. The van der Waals surface area contributed by atoms with E-state index in [1.54, 1.807) is 72.8 Å². The Hall–Kier alpha value is -6.00. The quantitative estimate of drug-likeness (QED) is 0.0647. The fraction of sp³-hybridized carbons (Fsp3) is 0.245. The molecule has 0 aliphatic carbocycles. The first kappa shape index (κ1) is 40.7. The van der Waals surface area contributed by atoms with Crippen LogP contribution in [0.15, 0.2) is 146 Å². The Bertz CT molecular complexity index is 2130. The molecule has 0 unspecified atom stereocenters. The number of rotatable bonds is 18. The Balaban J connectivity index is 1.50. The molecule has 0 heterocycles. The number of carbonyl (C=O) groups excluding carboxylic acids is 4. The number of hydrogen-bond acceptors (Lipinski definition) is 4. The molecule has 0 spiro atoms. The van der Waals surface area contributed by atoms with Crippen molar-refractivity contribution in [2.24, 2.45) is 0 Å². The van der Waals surface area contributed by atoms with Crippen molar-refractivity contribution >= 4 is 23.1 Å². The highest BCUT2D eigenvalue weighted by molar-refractivity contribution is 6.27. The normalized spacial score (nSPS) is 11.3. The number of carbonyl (C=O) groups is 4. The lowest BCUT2D eigenvalue weighted by Crippen LogP contribution is -2.45. The molecule has 0 aliphatic heterocycles. The third-order valence-corrected chi connectivity index (χ3v) is 10.9. The van der Waals surface area contributed by atoms with Crippen LogP contribution in [0.4, 0.5) is 0 Å². The third-order valence-electron chi connectivity index (χ3n) is 10.9. The number of benzene rings is 6. The van der Waals surface area contributed by atoms with Gasteiger partial charge in [0, 0.05) is 33.4 Å². The predicted octanol–water partition coefficient (Wildman–Crippen LogP) is 12.0. The van der Waals surface area contributed by atoms with Crippen LogP contribution in [0.2, 0.25) is 0 Å². The van der Waals surface area contributed by atoms with Gasteiger partial charge in [-0.15, -0.1) is 0 Å². The summed E-state index contributed by atoms with van der Waals surface area (Å²) < 4.78 is 0. The lowest BCUT2D eigenvalue weighted by atomic mass is 9.65. The first-order valence-electron chi connectivity index (χ1n) is 20.5. The van der Waals surface area contributed by atoms with Gasteiger partial charge in [-0.3, -0.25) is 19.2 Å². The summed E-state index contributed by atoms with van der Waals surface area (Å²) in [7, 11) is 0. The summed E-state index contributed by atoms with van der Waals surface area (Å²) >= 11 is 0. The average Bonchev–Trinajstić information content (AvgIpc) is 3.25. The van der Waals surface area contributed by atoms with Crippen LogP contribution in [-0.2, 0) is 31.1 Å². The Kier molecular flexibility index (Phi) is 13.4. The molecule has 0 N–H and O–H groups in total. The Labute approximate surface area is 338 Å². The Morgan fingerprint density at radius 3 is 0.754 bits per heavy atom. The van der Waals surface area contributed by atoms with E-state index in [1.165, 1.54) is 11.1 Å². The zero-order valence-electron chi connectivity index (χ0n) is 33.6. The van der Waals surface area contributed by atoms with Gasteiger partial charge in [-0.05, 0) is 59.1 Å². The van der Waals surface area contributed by atoms with Gasteiger partial charge >= 0.3 is 0 Å². The van der Waals surface area contributed by atoms with Crippen molar-refractivity contribution in [2.45, 2.75) is 84.5 Å². The summed E-state index contributed by atoms with van der Waals surface area (Å²) in [4.78, 5) is 58.3. The van der Waals surface area contributed by atoms with E-state index < -0.39 is 5.41 Å². The maximum atomic E-state index is 15.4. The molecule has 0 saturated carbocycles. The molecular formula is C53H52O4. The summed E-state index contributed by atoms with van der Waals surface area (Å²) in [6, 6.07) is 44.2. The van der Waals surface area contributed by atoms with Crippen molar-refractivity contribution in [3.05, 3.63) is 212 Å². The molecule has 0 atom stereocenters. The SMILES string of the molecule is CCCc1ccc(C(=O)c2ccc(C(C(=O)c3ccc(CCC)cc3)(C(=O)c3ccc(CCC)cc3)c3ccc(C(=O)c4ccc(CCC)cc4)cc3)cc2)cc1. The van der Waals surface area contributed by atoms with Crippen LogP contribution in [0.3, 0.4) is 0 Å². The molecule has 57 heavy (non-hydrogen) atoms. The highest BCUT2D eigenvalue weighted by Gasteiger charge is 2.49. The maximum Gasteiger partial charge on any atom is 0.193 e. The van der Waals surface area contributed by atoms with Crippen molar-refractivity contribution in [2.75, 3.05) is 0 Å². The summed E-state index contributed by atoms with van der Waals surface area (Å²) in [5, 5.41) is 0. The summed E-state index contributed by atoms with van der Waals surface area (Å²) in [6.07, 6.45) is 7.59. The van der Waals surface area contributed by atoms with Gasteiger partial charge in [-0.2, -0.15) is 0 Å². The van der Waals surface area contributed by atoms with E-state index in [1.807, 2.05) is 72.8 Å². The topological polar surface area (TPSA) is 68.3 Å². The molecule has 0 radical (unpaired) electrons. The smallest absolute Gasteiger partial charge is 0.193 e. The lowest BCUT2D eigenvalue weighted by Gasteiger charge is -2.33. The standard InChI is InChI=1S/C53H52O4/c1-5-9-37-13-21-41(22-14-37)49(54)43-29-33-47(34-30-43)53(51(56)45-25-17-39(11-7-3)18-26-45,52(57)46-27-19-40(12-8-4)20-28-46)48-35-31-44(32-36-48)50(55)42-23-15-38(10-6-2)16-24-42/h13-36H,5-12H2,1-4H3. The monoisotopic (exact) mass is 752 g/mol. The average molecular weight is 753 g/mol. The van der Waals surface area contributed by atoms with Gasteiger partial charge in [0.15, 0.2) is 23.1 Å². The minimum absolute atomic E-state index is 0.142. The summed E-state index contributed by atoms with van der Waals surface area (Å²) in [5.74, 6) is -1.05. The zero-order valence-corrected chi connectivity index (χ0v) is 33.6. The van der Waals surface area contributed by atoms with Crippen molar-refractivity contribution in [1.82, 2.24) is 0 Å². The van der Waals surface area contributed by atoms with Crippen LogP contribution in [0.5, 0.6) is 0 Å². The van der Waals surface area contributed by atoms with E-state index in [0.29, 0.717) is 44.5 Å². The van der Waals surface area contributed by atoms with Gasteiger partial charge in [-0.1, -0.05) is 199 Å². The van der Waals surface area contributed by atoms with Crippen LogP contribution in [0.25, 0.3) is 0 Å². The van der Waals surface area contributed by atoms with E-state index in [0.717, 1.165) is 62.5 Å². The first-order valence-corrected chi connectivity index (χ1v) is 20.5. The van der Waals surface area contributed by atoms with Crippen LogP contribution < -0.4 is 0 Å². The van der Waals surface area contributed by atoms with Gasteiger partial charge < -0.3 is 0 Å². The second-order valence-corrected chi connectivity index (χ2v) is 15.0. The molecule has 4 heteroatoms. The number of ketones is 4. The fourth-order valence-corrected chi connectivity index (χ4v) is 7.75. The highest BCUT2D eigenvalue weighted by atomic mass is 16.2. The lowest BCUT2D eigenvalue weighted by molar-refractivity contribution is 0.0796. The van der Waals surface area contributed by atoms with Crippen LogP contribution >= 0.6 is 0 Å². The number of Topliss-reactive ketones (excluding diaryl/α,β-unsaturated/α-hetero) is 2. The van der Waals surface area contributed by atoms with Crippen LogP contribution in [0, 0.1) is 0 Å². The highest BCUT2D eigenvalue weighted by Crippen LogP contribution is 2.40. The van der Waals surface area contributed by atoms with Crippen molar-refractivity contribution in [1.29, 1.82) is 0 Å². The third kappa shape index (κ3) is 8.86. The number of aryl methyl sites for hydroxylation is 4. The summed E-state index contributed by atoms with van der Waals surface area (Å²) in [6.45, 7) is 8.47. The Morgan fingerprint density at radius 2 is 0.526 bits per heavy atom. The van der Waals surface area contributed by atoms with Gasteiger partial charge in [0.2, 0.25) is 0 Å². The molecule has 0 amide bonds. The first-order chi connectivity index (χ1) is 27.7. The minimum atomic E-state index is -1.84. The van der Waals surface area contributed by atoms with Crippen LogP contribution in [0.1, 0.15) is 139 Å². The van der Waals surface area contributed by atoms with Gasteiger partial charge in [0.1, 0.15) is 5.41 Å². The minimum Gasteiger partial charge on any atom is -0.292 e. The number of hydrogen-bond donors (Lipinski definition) is 0. The molecule has 6 aromatic rings. The van der Waals surface area contributed by atoms with E-state index in [4.69, 9.17) is 0 Å². The maximum absolute atomic E-state index is 15.4.